The second-order valence-corrected chi connectivity index (χ2v) is 6.65. The molecule has 106 valence electrons. The van der Waals surface area contributed by atoms with Crippen LogP contribution >= 0.6 is 34.8 Å². The predicted molar refractivity (Wildman–Crippen MR) is 80.5 cm³/mol. The van der Waals surface area contributed by atoms with Crippen LogP contribution in [-0.2, 0) is 10.1 Å². The molecule has 0 saturated carbocycles. The van der Waals surface area contributed by atoms with Gasteiger partial charge < -0.3 is 4.18 Å². The van der Waals surface area contributed by atoms with Crippen LogP contribution in [0.2, 0.25) is 15.1 Å². The molecule has 0 atom stereocenters. The molecule has 0 heterocycles. The molecule has 0 bridgehead atoms. The van der Waals surface area contributed by atoms with Gasteiger partial charge in [-0.05, 0) is 30.7 Å². The molecular formula is C13H9Cl3O3S. The predicted octanol–water partition coefficient (Wildman–Crippen LogP) is 4.72. The highest BCUT2D eigenvalue weighted by Crippen LogP contribution is 2.38. The molecule has 0 saturated heterocycles. The van der Waals surface area contributed by atoms with Gasteiger partial charge in [0.1, 0.15) is 9.92 Å². The van der Waals surface area contributed by atoms with Gasteiger partial charge in [-0.3, -0.25) is 0 Å². The molecule has 0 N–H and O–H groups in total. The average Bonchev–Trinajstić information content (AvgIpc) is 2.40. The number of benzene rings is 2. The maximum absolute atomic E-state index is 12.2. The maximum Gasteiger partial charge on any atom is 0.339 e. The number of hydrogen-bond donors (Lipinski definition) is 0. The van der Waals surface area contributed by atoms with E-state index in [0.29, 0.717) is 5.56 Å². The highest BCUT2D eigenvalue weighted by molar-refractivity contribution is 7.87. The Morgan fingerprint density at radius 2 is 1.60 bits per heavy atom. The summed E-state index contributed by atoms with van der Waals surface area (Å²) in [5, 5.41) is 0.222. The van der Waals surface area contributed by atoms with E-state index in [0.717, 1.165) is 0 Å². The van der Waals surface area contributed by atoms with Gasteiger partial charge in [0.15, 0.2) is 5.75 Å². The fraction of sp³-hybridized carbons (Fsp3) is 0.0769. The van der Waals surface area contributed by atoms with Crippen molar-refractivity contribution in [3.8, 4) is 5.75 Å². The fourth-order valence-electron chi connectivity index (χ4n) is 1.57. The van der Waals surface area contributed by atoms with Gasteiger partial charge in [0.25, 0.3) is 0 Å². The van der Waals surface area contributed by atoms with E-state index in [2.05, 4.69) is 0 Å². The van der Waals surface area contributed by atoms with Crippen molar-refractivity contribution in [2.75, 3.05) is 0 Å². The van der Waals surface area contributed by atoms with Crippen LogP contribution in [0.25, 0.3) is 0 Å². The van der Waals surface area contributed by atoms with Crippen LogP contribution in [0.4, 0.5) is 0 Å². The van der Waals surface area contributed by atoms with E-state index in [4.69, 9.17) is 39.0 Å². The Morgan fingerprint density at radius 3 is 2.25 bits per heavy atom. The Labute approximate surface area is 132 Å². The summed E-state index contributed by atoms with van der Waals surface area (Å²) < 4.78 is 29.5. The minimum Gasteiger partial charge on any atom is -0.377 e. The smallest absolute Gasteiger partial charge is 0.339 e. The standard InChI is InChI=1S/C13H9Cl3O3S/c1-8-4-2-3-5-11(8)20(17,18)19-10-7-6-9(14)12(15)13(10)16/h2-7H,1H3. The van der Waals surface area contributed by atoms with Crippen LogP contribution in [0, 0.1) is 6.92 Å². The third-order valence-corrected chi connectivity index (χ3v) is 5.23. The van der Waals surface area contributed by atoms with Crippen molar-refractivity contribution in [3.05, 3.63) is 57.0 Å². The molecule has 2 aromatic carbocycles. The monoisotopic (exact) mass is 350 g/mol. The molecule has 7 heteroatoms. The van der Waals surface area contributed by atoms with E-state index >= 15 is 0 Å². The second-order valence-electron chi connectivity index (χ2n) is 3.98. The molecule has 0 unspecified atom stereocenters. The Balaban J connectivity index is 2.45. The van der Waals surface area contributed by atoms with Crippen LogP contribution in [-0.4, -0.2) is 8.42 Å². The second kappa shape index (κ2) is 5.82. The number of halogens is 3. The quantitative estimate of drug-likeness (QED) is 0.593. The van der Waals surface area contributed by atoms with Crippen LogP contribution in [0.1, 0.15) is 5.56 Å². The molecule has 0 aliphatic heterocycles. The molecule has 3 nitrogen and oxygen atoms in total. The highest BCUT2D eigenvalue weighted by atomic mass is 35.5. The first kappa shape index (κ1) is 15.4. The molecule has 20 heavy (non-hydrogen) atoms. The molecule has 0 aliphatic carbocycles. The van der Waals surface area contributed by atoms with Crippen molar-refractivity contribution in [2.45, 2.75) is 11.8 Å². The molecule has 0 fully saturated rings. The van der Waals surface area contributed by atoms with Gasteiger partial charge in [0.05, 0.1) is 10.0 Å². The van der Waals surface area contributed by atoms with Gasteiger partial charge >= 0.3 is 10.1 Å². The van der Waals surface area contributed by atoms with Crippen LogP contribution in [0.5, 0.6) is 5.75 Å². The third-order valence-electron chi connectivity index (χ3n) is 2.56. The third kappa shape index (κ3) is 3.04. The Hall–Kier alpha value is -0.940. The van der Waals surface area contributed by atoms with Crippen LogP contribution in [0.3, 0.4) is 0 Å². The lowest BCUT2D eigenvalue weighted by Crippen LogP contribution is -2.11. The van der Waals surface area contributed by atoms with E-state index in [-0.39, 0.29) is 25.7 Å². The topological polar surface area (TPSA) is 43.4 Å². The van der Waals surface area contributed by atoms with Gasteiger partial charge in [-0.25, -0.2) is 0 Å². The fourth-order valence-corrected chi connectivity index (χ4v) is 3.36. The summed E-state index contributed by atoms with van der Waals surface area (Å²) in [7, 11) is -3.98. The summed E-state index contributed by atoms with van der Waals surface area (Å²) in [6.45, 7) is 1.67. The Kier molecular flexibility index (Phi) is 4.49. The zero-order chi connectivity index (χ0) is 14.9. The summed E-state index contributed by atoms with van der Waals surface area (Å²) in [4.78, 5) is 0.0714. The highest BCUT2D eigenvalue weighted by Gasteiger charge is 2.21. The molecule has 0 amide bonds. The van der Waals surface area contributed by atoms with Gasteiger partial charge in [-0.1, -0.05) is 53.0 Å². The SMILES string of the molecule is Cc1ccccc1S(=O)(=O)Oc1ccc(Cl)c(Cl)c1Cl. The minimum absolute atomic E-state index is 0.0451. The summed E-state index contributed by atoms with van der Waals surface area (Å²) in [6, 6.07) is 9.24. The summed E-state index contributed by atoms with van der Waals surface area (Å²) in [5.74, 6) is -0.0654. The largest absolute Gasteiger partial charge is 0.377 e. The van der Waals surface area contributed by atoms with Gasteiger partial charge in [0.2, 0.25) is 0 Å². The average molecular weight is 352 g/mol. The Bertz CT molecular complexity index is 757. The zero-order valence-electron chi connectivity index (χ0n) is 10.2. The molecule has 0 aromatic heterocycles. The Morgan fingerprint density at radius 1 is 0.950 bits per heavy atom. The van der Waals surface area contributed by atoms with E-state index in [1.165, 1.54) is 18.2 Å². The molecule has 2 rings (SSSR count). The summed E-state index contributed by atoms with van der Waals surface area (Å²) in [5.41, 5.74) is 0.573. The lowest BCUT2D eigenvalue weighted by atomic mass is 10.2. The van der Waals surface area contributed by atoms with Crippen LogP contribution < -0.4 is 4.18 Å². The molecule has 0 spiro atoms. The first-order valence-corrected chi connectivity index (χ1v) is 8.01. The zero-order valence-corrected chi connectivity index (χ0v) is 13.3. The van der Waals surface area contributed by atoms with E-state index < -0.39 is 10.1 Å². The normalized spacial score (nSPS) is 11.4. The molecule has 0 aliphatic rings. The van der Waals surface area contributed by atoms with Crippen molar-refractivity contribution in [3.63, 3.8) is 0 Å². The number of hydrogen-bond acceptors (Lipinski definition) is 3. The lowest BCUT2D eigenvalue weighted by Gasteiger charge is -2.11. The van der Waals surface area contributed by atoms with E-state index in [1.807, 2.05) is 0 Å². The van der Waals surface area contributed by atoms with Gasteiger partial charge in [-0.2, -0.15) is 8.42 Å². The van der Waals surface area contributed by atoms with Crippen molar-refractivity contribution in [1.29, 1.82) is 0 Å². The minimum atomic E-state index is -3.98. The first-order chi connectivity index (χ1) is 9.33. The molecule has 0 radical (unpaired) electrons. The van der Waals surface area contributed by atoms with Gasteiger partial charge in [0, 0.05) is 0 Å². The van der Waals surface area contributed by atoms with Gasteiger partial charge in [-0.15, -0.1) is 0 Å². The van der Waals surface area contributed by atoms with Crippen molar-refractivity contribution in [2.24, 2.45) is 0 Å². The van der Waals surface area contributed by atoms with E-state index in [9.17, 15) is 8.42 Å². The van der Waals surface area contributed by atoms with E-state index in [1.54, 1.807) is 25.1 Å². The van der Waals surface area contributed by atoms with Crippen molar-refractivity contribution >= 4 is 44.9 Å². The first-order valence-electron chi connectivity index (χ1n) is 5.46. The van der Waals surface area contributed by atoms with Crippen LogP contribution in [0.15, 0.2) is 41.3 Å². The molecular weight excluding hydrogens is 343 g/mol. The van der Waals surface area contributed by atoms with Crippen molar-refractivity contribution in [1.82, 2.24) is 0 Å². The maximum atomic E-state index is 12.2. The number of rotatable bonds is 3. The molecule has 2 aromatic rings. The lowest BCUT2D eigenvalue weighted by molar-refractivity contribution is 0.485. The van der Waals surface area contributed by atoms with Crippen molar-refractivity contribution < 1.29 is 12.6 Å². The number of aryl methyl sites for hydroxylation is 1. The summed E-state index contributed by atoms with van der Waals surface area (Å²) in [6.07, 6.45) is 0. The summed E-state index contributed by atoms with van der Waals surface area (Å²) >= 11 is 17.6.